The van der Waals surface area contributed by atoms with Gasteiger partial charge in [0.2, 0.25) is 0 Å². The smallest absolute Gasteiger partial charge is 0.274 e. The maximum Gasteiger partial charge on any atom is 0.274 e. The first-order chi connectivity index (χ1) is 14.2. The van der Waals surface area contributed by atoms with Gasteiger partial charge >= 0.3 is 0 Å². The first kappa shape index (κ1) is 19.6. The van der Waals surface area contributed by atoms with Crippen LogP contribution >= 0.6 is 0 Å². The summed E-state index contributed by atoms with van der Waals surface area (Å²) in [7, 11) is 3.39. The zero-order valence-corrected chi connectivity index (χ0v) is 17.1. The topological polar surface area (TPSA) is 67.8 Å². The van der Waals surface area contributed by atoms with Gasteiger partial charge in [-0.25, -0.2) is 4.98 Å². The molecule has 4 rings (SSSR count). The van der Waals surface area contributed by atoms with Gasteiger partial charge in [0.25, 0.3) is 5.91 Å². The molecule has 1 aromatic carbocycles. The van der Waals surface area contributed by atoms with E-state index >= 15 is 0 Å². The molecule has 3 heterocycles. The van der Waals surface area contributed by atoms with E-state index in [1.165, 1.54) is 5.56 Å². The summed E-state index contributed by atoms with van der Waals surface area (Å²) in [6, 6.07) is 6.65. The van der Waals surface area contributed by atoms with Gasteiger partial charge in [-0.1, -0.05) is 12.1 Å². The molecule has 2 aliphatic rings. The number of benzene rings is 1. The number of para-hydroxylation sites is 1. The molecule has 0 radical (unpaired) electrons. The average Bonchev–Trinajstić information content (AvgIpc) is 3.28. The van der Waals surface area contributed by atoms with Crippen molar-refractivity contribution in [1.29, 1.82) is 0 Å². The summed E-state index contributed by atoms with van der Waals surface area (Å²) in [5.74, 6) is 2.07. The molecule has 1 atom stereocenters. The van der Waals surface area contributed by atoms with E-state index in [9.17, 15) is 4.79 Å². The van der Waals surface area contributed by atoms with E-state index in [2.05, 4.69) is 20.9 Å². The highest BCUT2D eigenvalue weighted by Gasteiger charge is 2.34. The first-order valence-electron chi connectivity index (χ1n) is 10.2. The van der Waals surface area contributed by atoms with Crippen LogP contribution in [0.5, 0.6) is 11.5 Å². The Morgan fingerprint density at radius 1 is 1.07 bits per heavy atom. The third kappa shape index (κ3) is 4.05. The Morgan fingerprint density at radius 3 is 2.59 bits per heavy atom. The van der Waals surface area contributed by atoms with Crippen molar-refractivity contribution in [2.75, 3.05) is 40.4 Å². The Kier molecular flexibility index (Phi) is 5.94. The fourth-order valence-electron chi connectivity index (χ4n) is 4.61. The summed E-state index contributed by atoms with van der Waals surface area (Å²) in [5, 5.41) is 0. The van der Waals surface area contributed by atoms with Gasteiger partial charge in [0.1, 0.15) is 5.69 Å². The van der Waals surface area contributed by atoms with Gasteiger partial charge < -0.3 is 14.4 Å². The predicted octanol–water partition coefficient (Wildman–Crippen LogP) is 2.59. The van der Waals surface area contributed by atoms with Crippen LogP contribution < -0.4 is 9.47 Å². The molecule has 2 saturated heterocycles. The number of likely N-dealkylation sites (tertiary alicyclic amines) is 2. The lowest BCUT2D eigenvalue weighted by Crippen LogP contribution is -2.46. The molecule has 0 N–H and O–H groups in total. The molecule has 0 bridgehead atoms. The number of hydrogen-bond donors (Lipinski definition) is 0. The highest BCUT2D eigenvalue weighted by atomic mass is 16.5. The van der Waals surface area contributed by atoms with E-state index in [0.29, 0.717) is 17.7 Å². The van der Waals surface area contributed by atoms with E-state index in [4.69, 9.17) is 9.47 Å². The largest absolute Gasteiger partial charge is 0.493 e. The zero-order valence-electron chi connectivity index (χ0n) is 17.1. The Labute approximate surface area is 171 Å². The number of nitrogens with zero attached hydrogens (tertiary/aromatic N) is 4. The van der Waals surface area contributed by atoms with Gasteiger partial charge in [-0.2, -0.15) is 0 Å². The lowest BCUT2D eigenvalue weighted by Gasteiger charge is -2.36. The molecule has 1 aromatic heterocycles. The van der Waals surface area contributed by atoms with Crippen LogP contribution in [0.4, 0.5) is 0 Å². The van der Waals surface area contributed by atoms with Gasteiger partial charge in [-0.05, 0) is 31.9 Å². The molecule has 154 valence electrons. The van der Waals surface area contributed by atoms with E-state index in [-0.39, 0.29) is 5.91 Å². The molecule has 2 aliphatic heterocycles. The van der Waals surface area contributed by atoms with E-state index in [0.717, 1.165) is 56.9 Å². The van der Waals surface area contributed by atoms with Crippen molar-refractivity contribution in [1.82, 2.24) is 19.8 Å². The fraction of sp³-hybridized carbons (Fsp3) is 0.500. The Hall–Kier alpha value is -2.67. The maximum absolute atomic E-state index is 12.6. The number of hydrogen-bond acceptors (Lipinski definition) is 6. The number of carbonyl (C=O) groups is 1. The van der Waals surface area contributed by atoms with Crippen LogP contribution in [-0.2, 0) is 0 Å². The van der Waals surface area contributed by atoms with Crippen molar-refractivity contribution in [3.63, 3.8) is 0 Å². The number of methoxy groups -OCH3 is 2. The quantitative estimate of drug-likeness (QED) is 0.774. The van der Waals surface area contributed by atoms with Crippen molar-refractivity contribution in [3.8, 4) is 11.5 Å². The summed E-state index contributed by atoms with van der Waals surface area (Å²) >= 11 is 0. The molecule has 0 saturated carbocycles. The second-order valence-corrected chi connectivity index (χ2v) is 7.68. The third-order valence-corrected chi connectivity index (χ3v) is 6.14. The Bertz CT molecular complexity index is 837. The van der Waals surface area contributed by atoms with Gasteiger partial charge in [0.15, 0.2) is 11.5 Å². The van der Waals surface area contributed by atoms with Gasteiger partial charge in [0, 0.05) is 49.6 Å². The van der Waals surface area contributed by atoms with Gasteiger partial charge in [0.05, 0.1) is 20.4 Å². The molecule has 2 fully saturated rings. The molecule has 1 amide bonds. The van der Waals surface area contributed by atoms with Crippen molar-refractivity contribution in [3.05, 3.63) is 48.0 Å². The number of piperidine rings is 1. The zero-order chi connectivity index (χ0) is 20.2. The molecule has 0 spiro atoms. The molecule has 1 unspecified atom stereocenters. The van der Waals surface area contributed by atoms with E-state index in [1.54, 1.807) is 32.8 Å². The number of rotatable bonds is 5. The van der Waals surface area contributed by atoms with Crippen LogP contribution in [0.15, 0.2) is 36.8 Å². The minimum atomic E-state index is -0.0167. The number of amides is 1. The van der Waals surface area contributed by atoms with Crippen molar-refractivity contribution < 1.29 is 14.3 Å². The highest BCUT2D eigenvalue weighted by Crippen LogP contribution is 2.40. The summed E-state index contributed by atoms with van der Waals surface area (Å²) in [6.45, 7) is 3.63. The molecule has 2 aromatic rings. The average molecular weight is 396 g/mol. The van der Waals surface area contributed by atoms with E-state index in [1.807, 2.05) is 17.0 Å². The summed E-state index contributed by atoms with van der Waals surface area (Å²) in [4.78, 5) is 25.2. The number of ether oxygens (including phenoxy) is 2. The standard InChI is InChI=1S/C22H28N4O3/c1-28-20-5-3-4-18(21(20)29-2)16-6-11-26(15-16)17-7-12-25(13-8-17)22(27)19-14-23-9-10-24-19/h3-5,9-10,14,16-17H,6-8,11-13,15H2,1-2H3. The summed E-state index contributed by atoms with van der Waals surface area (Å²) in [5.41, 5.74) is 1.65. The second kappa shape index (κ2) is 8.78. The van der Waals surface area contributed by atoms with Crippen LogP contribution in [0.2, 0.25) is 0 Å². The van der Waals surface area contributed by atoms with Gasteiger partial charge in [-0.15, -0.1) is 0 Å². The number of aromatic nitrogens is 2. The first-order valence-corrected chi connectivity index (χ1v) is 10.2. The van der Waals surface area contributed by atoms with Crippen molar-refractivity contribution >= 4 is 5.91 Å². The van der Waals surface area contributed by atoms with Crippen molar-refractivity contribution in [2.24, 2.45) is 0 Å². The number of carbonyl (C=O) groups excluding carboxylic acids is 1. The highest BCUT2D eigenvalue weighted by molar-refractivity contribution is 5.92. The lowest BCUT2D eigenvalue weighted by atomic mass is 9.96. The summed E-state index contributed by atoms with van der Waals surface area (Å²) < 4.78 is 11.1. The molecular formula is C22H28N4O3. The molecular weight excluding hydrogens is 368 g/mol. The van der Waals surface area contributed by atoms with Crippen LogP contribution in [-0.4, -0.2) is 72.1 Å². The molecule has 0 aliphatic carbocycles. The van der Waals surface area contributed by atoms with Crippen LogP contribution in [0.3, 0.4) is 0 Å². The molecule has 7 nitrogen and oxygen atoms in total. The van der Waals surface area contributed by atoms with Crippen LogP contribution in [0, 0.1) is 0 Å². The normalized spacial score (nSPS) is 20.6. The summed E-state index contributed by atoms with van der Waals surface area (Å²) in [6.07, 6.45) is 7.80. The Balaban J connectivity index is 1.36. The maximum atomic E-state index is 12.6. The molecule has 7 heteroatoms. The Morgan fingerprint density at radius 2 is 1.90 bits per heavy atom. The van der Waals surface area contributed by atoms with Crippen LogP contribution in [0.25, 0.3) is 0 Å². The van der Waals surface area contributed by atoms with Crippen molar-refractivity contribution in [2.45, 2.75) is 31.2 Å². The fourth-order valence-corrected chi connectivity index (χ4v) is 4.61. The van der Waals surface area contributed by atoms with Crippen LogP contribution in [0.1, 0.15) is 41.2 Å². The molecule has 29 heavy (non-hydrogen) atoms. The minimum absolute atomic E-state index is 0.0167. The monoisotopic (exact) mass is 396 g/mol. The third-order valence-electron chi connectivity index (χ3n) is 6.14. The van der Waals surface area contributed by atoms with E-state index < -0.39 is 0 Å². The second-order valence-electron chi connectivity index (χ2n) is 7.68. The van der Waals surface area contributed by atoms with Gasteiger partial charge in [-0.3, -0.25) is 14.7 Å². The minimum Gasteiger partial charge on any atom is -0.493 e. The predicted molar refractivity (Wildman–Crippen MR) is 109 cm³/mol. The lowest BCUT2D eigenvalue weighted by molar-refractivity contribution is 0.0637. The SMILES string of the molecule is COc1cccc(C2CCN(C3CCN(C(=O)c4cnccn4)CC3)C2)c1OC.